The zero-order chi connectivity index (χ0) is 17.1. The zero-order valence-electron chi connectivity index (χ0n) is 14.8. The Hall–Kier alpha value is -1.39. The summed E-state index contributed by atoms with van der Waals surface area (Å²) in [5.41, 5.74) is 1.13. The number of benzene rings is 1. The first-order chi connectivity index (χ1) is 11.0. The highest BCUT2D eigenvalue weighted by Gasteiger charge is 2.11. The van der Waals surface area contributed by atoms with Crippen LogP contribution < -0.4 is 4.74 Å². The predicted molar refractivity (Wildman–Crippen MR) is 94.0 cm³/mol. The van der Waals surface area contributed by atoms with E-state index in [-0.39, 0.29) is 5.78 Å². The molecular weight excluding hydrogens is 290 g/mol. The molecule has 4 nitrogen and oxygen atoms in total. The third-order valence-electron chi connectivity index (χ3n) is 3.68. The molecule has 1 atom stereocenters. The third kappa shape index (κ3) is 8.72. The minimum atomic E-state index is -0.481. The Labute approximate surface area is 140 Å². The van der Waals surface area contributed by atoms with E-state index in [1.807, 2.05) is 24.3 Å². The van der Waals surface area contributed by atoms with Crippen LogP contribution in [-0.4, -0.2) is 48.1 Å². The molecule has 0 unspecified atom stereocenters. The average Bonchev–Trinajstić information content (AvgIpc) is 2.52. The van der Waals surface area contributed by atoms with Crippen molar-refractivity contribution in [2.45, 2.75) is 52.6 Å². The first-order valence-corrected chi connectivity index (χ1v) is 8.66. The van der Waals surface area contributed by atoms with Gasteiger partial charge in [0, 0.05) is 13.0 Å². The van der Waals surface area contributed by atoms with Crippen LogP contribution in [0.3, 0.4) is 0 Å². The Bertz CT molecular complexity index is 438. The first kappa shape index (κ1) is 19.7. The zero-order valence-corrected chi connectivity index (χ0v) is 14.8. The molecule has 1 N–H and O–H groups in total. The molecule has 0 aliphatic heterocycles. The molecule has 130 valence electrons. The number of aryl methyl sites for hydroxylation is 1. The van der Waals surface area contributed by atoms with Gasteiger partial charge in [0.15, 0.2) is 0 Å². The van der Waals surface area contributed by atoms with Crippen molar-refractivity contribution in [3.05, 3.63) is 29.8 Å². The van der Waals surface area contributed by atoms with Crippen molar-refractivity contribution in [1.82, 2.24) is 4.90 Å². The Morgan fingerprint density at radius 2 is 1.78 bits per heavy atom. The molecule has 0 saturated carbocycles. The van der Waals surface area contributed by atoms with Crippen molar-refractivity contribution in [1.29, 1.82) is 0 Å². The summed E-state index contributed by atoms with van der Waals surface area (Å²) in [5.74, 6) is 0.963. The number of nitrogens with zero attached hydrogens (tertiary/aromatic N) is 1. The van der Waals surface area contributed by atoms with Gasteiger partial charge in [-0.3, -0.25) is 0 Å². The molecule has 0 aliphatic rings. The predicted octanol–water partition coefficient (Wildman–Crippen LogP) is 3.07. The van der Waals surface area contributed by atoms with Crippen molar-refractivity contribution >= 4 is 5.78 Å². The molecule has 0 spiro atoms. The number of aliphatic hydroxyl groups excluding tert-OH is 1. The normalized spacial score (nSPS) is 12.4. The van der Waals surface area contributed by atoms with E-state index in [0.717, 1.165) is 43.7 Å². The van der Waals surface area contributed by atoms with E-state index >= 15 is 0 Å². The van der Waals surface area contributed by atoms with Gasteiger partial charge < -0.3 is 19.5 Å². The van der Waals surface area contributed by atoms with Crippen molar-refractivity contribution in [3.8, 4) is 5.75 Å². The molecule has 0 aliphatic carbocycles. The second kappa shape index (κ2) is 11.2. The molecule has 0 fully saturated rings. The van der Waals surface area contributed by atoms with E-state index in [2.05, 4.69) is 18.7 Å². The van der Waals surface area contributed by atoms with Crippen LogP contribution in [0.5, 0.6) is 5.75 Å². The molecular formula is C19H31NO3. The van der Waals surface area contributed by atoms with Crippen LogP contribution in [-0.2, 0) is 11.2 Å². The third-order valence-corrected chi connectivity index (χ3v) is 3.68. The monoisotopic (exact) mass is 321 g/mol. The highest BCUT2D eigenvalue weighted by Crippen LogP contribution is 2.14. The van der Waals surface area contributed by atoms with Crippen LogP contribution in [0.1, 0.15) is 45.6 Å². The van der Waals surface area contributed by atoms with Gasteiger partial charge in [-0.05, 0) is 57.0 Å². The van der Waals surface area contributed by atoms with Gasteiger partial charge in [0.05, 0.1) is 0 Å². The van der Waals surface area contributed by atoms with Crippen LogP contribution in [0.25, 0.3) is 0 Å². The van der Waals surface area contributed by atoms with Gasteiger partial charge in [0.2, 0.25) is 0 Å². The van der Waals surface area contributed by atoms with Crippen molar-refractivity contribution in [2.24, 2.45) is 0 Å². The summed E-state index contributed by atoms with van der Waals surface area (Å²) in [4.78, 5) is 13.3. The van der Waals surface area contributed by atoms with Gasteiger partial charge in [-0.1, -0.05) is 26.0 Å². The Kier molecular flexibility index (Phi) is 9.57. The fraction of sp³-hybridized carbons (Fsp3) is 0.632. The summed E-state index contributed by atoms with van der Waals surface area (Å²) in [7, 11) is 0. The summed E-state index contributed by atoms with van der Waals surface area (Å²) >= 11 is 0. The van der Waals surface area contributed by atoms with Gasteiger partial charge in [0.25, 0.3) is 0 Å². The highest BCUT2D eigenvalue weighted by molar-refractivity contribution is 5.75. The lowest BCUT2D eigenvalue weighted by Crippen LogP contribution is -2.36. The fourth-order valence-corrected chi connectivity index (χ4v) is 2.54. The molecule has 0 saturated heterocycles. The van der Waals surface area contributed by atoms with E-state index in [1.54, 1.807) is 6.92 Å². The number of hydrogen-bond acceptors (Lipinski definition) is 4. The number of rotatable bonds is 12. The smallest absolute Gasteiger partial charge is 0.130 e. The number of ether oxygens (including phenoxy) is 1. The van der Waals surface area contributed by atoms with Crippen molar-refractivity contribution in [2.75, 3.05) is 26.2 Å². The van der Waals surface area contributed by atoms with Gasteiger partial charge in [-0.15, -0.1) is 0 Å². The molecule has 23 heavy (non-hydrogen) atoms. The highest BCUT2D eigenvalue weighted by atomic mass is 16.5. The fourth-order valence-electron chi connectivity index (χ4n) is 2.54. The SMILES string of the molecule is CCCN(CCC)C[C@@H](O)COc1ccc(CCC(C)=O)cc1. The number of ketones is 1. The summed E-state index contributed by atoms with van der Waals surface area (Å²) in [6, 6.07) is 7.76. The van der Waals surface area contributed by atoms with E-state index in [4.69, 9.17) is 4.74 Å². The van der Waals surface area contributed by atoms with Crippen LogP contribution in [0.15, 0.2) is 24.3 Å². The summed E-state index contributed by atoms with van der Waals surface area (Å²) in [5, 5.41) is 10.1. The topological polar surface area (TPSA) is 49.8 Å². The van der Waals surface area contributed by atoms with Crippen LogP contribution in [0.4, 0.5) is 0 Å². The van der Waals surface area contributed by atoms with Crippen molar-refractivity contribution in [3.63, 3.8) is 0 Å². The minimum Gasteiger partial charge on any atom is -0.491 e. The maximum atomic E-state index is 11.0. The number of aliphatic hydroxyl groups is 1. The van der Waals surface area contributed by atoms with Crippen molar-refractivity contribution < 1.29 is 14.6 Å². The summed E-state index contributed by atoms with van der Waals surface area (Å²) < 4.78 is 5.66. The Morgan fingerprint density at radius 1 is 1.17 bits per heavy atom. The lowest BCUT2D eigenvalue weighted by molar-refractivity contribution is -0.116. The molecule has 1 rings (SSSR count). The second-order valence-corrected chi connectivity index (χ2v) is 6.11. The van der Waals surface area contributed by atoms with Gasteiger partial charge >= 0.3 is 0 Å². The molecule has 4 heteroatoms. The van der Waals surface area contributed by atoms with E-state index in [0.29, 0.717) is 19.6 Å². The molecule has 1 aromatic carbocycles. The van der Waals surface area contributed by atoms with E-state index < -0.39 is 6.10 Å². The maximum Gasteiger partial charge on any atom is 0.130 e. The average molecular weight is 321 g/mol. The Morgan fingerprint density at radius 3 is 2.30 bits per heavy atom. The summed E-state index contributed by atoms with van der Waals surface area (Å²) in [6.07, 6.45) is 3.04. The molecule has 0 amide bonds. The molecule has 0 aromatic heterocycles. The number of hydrogen-bond donors (Lipinski definition) is 1. The largest absolute Gasteiger partial charge is 0.491 e. The van der Waals surface area contributed by atoms with Gasteiger partial charge in [-0.25, -0.2) is 0 Å². The van der Waals surface area contributed by atoms with E-state index in [1.165, 1.54) is 0 Å². The lowest BCUT2D eigenvalue weighted by Gasteiger charge is -2.24. The minimum absolute atomic E-state index is 0.206. The molecule has 0 heterocycles. The maximum absolute atomic E-state index is 11.0. The molecule has 0 radical (unpaired) electrons. The first-order valence-electron chi connectivity index (χ1n) is 8.66. The van der Waals surface area contributed by atoms with Crippen LogP contribution in [0.2, 0.25) is 0 Å². The quantitative estimate of drug-likeness (QED) is 0.643. The molecule has 1 aromatic rings. The standard InChI is InChI=1S/C19H31NO3/c1-4-12-20(13-5-2)14-18(22)15-23-19-10-8-17(9-11-19)7-6-16(3)21/h8-11,18,22H,4-7,12-15H2,1-3H3/t18-/m1/s1. The number of Topliss-reactive ketones (excluding diaryl/α,β-unsaturated/α-hetero) is 1. The lowest BCUT2D eigenvalue weighted by atomic mass is 10.1. The van der Waals surface area contributed by atoms with Crippen LogP contribution in [0, 0.1) is 0 Å². The Balaban J connectivity index is 2.37. The number of carbonyl (C=O) groups is 1. The van der Waals surface area contributed by atoms with Crippen LogP contribution >= 0.6 is 0 Å². The molecule has 0 bridgehead atoms. The van der Waals surface area contributed by atoms with Gasteiger partial charge in [-0.2, -0.15) is 0 Å². The number of carbonyl (C=O) groups excluding carboxylic acids is 1. The van der Waals surface area contributed by atoms with E-state index in [9.17, 15) is 9.90 Å². The second-order valence-electron chi connectivity index (χ2n) is 6.11. The summed E-state index contributed by atoms with van der Waals surface area (Å²) in [6.45, 7) is 8.89. The van der Waals surface area contributed by atoms with Gasteiger partial charge in [0.1, 0.15) is 24.2 Å².